The van der Waals surface area contributed by atoms with Crippen molar-refractivity contribution >= 4 is 5.71 Å². The zero-order valence-corrected chi connectivity index (χ0v) is 13.9. The highest BCUT2D eigenvalue weighted by Gasteiger charge is 2.57. The van der Waals surface area contributed by atoms with Crippen LogP contribution in [0.5, 0.6) is 0 Å². The van der Waals surface area contributed by atoms with Crippen LogP contribution in [-0.4, -0.2) is 22.0 Å². The molecule has 0 bridgehead atoms. The van der Waals surface area contributed by atoms with E-state index in [0.29, 0.717) is 23.5 Å². The molecule has 23 heavy (non-hydrogen) atoms. The van der Waals surface area contributed by atoms with Gasteiger partial charge in [0.15, 0.2) is 0 Å². The molecular formula is C19H26N2O2. The van der Waals surface area contributed by atoms with Crippen molar-refractivity contribution in [2.24, 2.45) is 39.5 Å². The summed E-state index contributed by atoms with van der Waals surface area (Å²) in [5.41, 5.74) is 1.27. The molecular weight excluding hydrogens is 288 g/mol. The second-order valence-corrected chi connectivity index (χ2v) is 8.18. The number of allylic oxidation sites excluding steroid dienone is 5. The number of hydrogen-bond donors (Lipinski definition) is 3. The lowest BCUT2D eigenvalue weighted by atomic mass is 9.50. The van der Waals surface area contributed by atoms with Gasteiger partial charge in [0.2, 0.25) is 0 Å². The lowest BCUT2D eigenvalue weighted by Gasteiger charge is -2.54. The molecule has 0 amide bonds. The summed E-state index contributed by atoms with van der Waals surface area (Å²) in [5, 5.41) is 24.7. The Morgan fingerprint density at radius 2 is 1.96 bits per heavy atom. The fourth-order valence-corrected chi connectivity index (χ4v) is 5.84. The molecule has 2 saturated carbocycles. The molecule has 4 nitrogen and oxygen atoms in total. The molecule has 124 valence electrons. The first kappa shape index (κ1) is 15.0. The summed E-state index contributed by atoms with van der Waals surface area (Å²) in [6.45, 7) is 4.48. The summed E-state index contributed by atoms with van der Waals surface area (Å²) >= 11 is 0. The molecule has 0 aromatic rings. The normalized spacial score (nSPS) is 50.0. The third-order valence-electron chi connectivity index (χ3n) is 7.34. The van der Waals surface area contributed by atoms with Crippen molar-refractivity contribution < 1.29 is 10.2 Å². The van der Waals surface area contributed by atoms with Crippen LogP contribution in [0.3, 0.4) is 0 Å². The fourth-order valence-electron chi connectivity index (χ4n) is 5.84. The molecule has 0 radical (unpaired) electrons. The van der Waals surface area contributed by atoms with E-state index in [0.717, 1.165) is 31.3 Å². The van der Waals surface area contributed by atoms with Crippen LogP contribution in [0, 0.1) is 28.6 Å². The van der Waals surface area contributed by atoms with E-state index in [1.54, 1.807) is 0 Å². The van der Waals surface area contributed by atoms with Crippen LogP contribution in [0.25, 0.3) is 0 Å². The fraction of sp³-hybridized carbons (Fsp3) is 0.632. The summed E-state index contributed by atoms with van der Waals surface area (Å²) < 4.78 is 0. The van der Waals surface area contributed by atoms with E-state index < -0.39 is 0 Å². The van der Waals surface area contributed by atoms with Gasteiger partial charge in [0.1, 0.15) is 11.5 Å². The third-order valence-corrected chi connectivity index (χ3v) is 7.34. The van der Waals surface area contributed by atoms with Crippen LogP contribution >= 0.6 is 0 Å². The van der Waals surface area contributed by atoms with E-state index in [1.165, 1.54) is 0 Å². The Balaban J connectivity index is 1.79. The van der Waals surface area contributed by atoms with Gasteiger partial charge in [-0.15, -0.1) is 0 Å². The number of fused-ring (bicyclic) bond motifs is 5. The summed E-state index contributed by atoms with van der Waals surface area (Å²) in [7, 11) is 0. The quantitative estimate of drug-likeness (QED) is 0.475. The van der Waals surface area contributed by atoms with Gasteiger partial charge in [0.25, 0.3) is 0 Å². The SMILES string of the molecule is C[C@]12CC[C@H]3[C@@H](C=CC4=C(O)/C(=N/N)C=C[C@@]43C)[C@@H]1CC[C@@H]2O. The summed E-state index contributed by atoms with van der Waals surface area (Å²) in [5.74, 6) is 7.06. The zero-order valence-electron chi connectivity index (χ0n) is 13.9. The van der Waals surface area contributed by atoms with Gasteiger partial charge in [-0.1, -0.05) is 32.1 Å². The van der Waals surface area contributed by atoms with E-state index in [1.807, 2.05) is 6.08 Å². The van der Waals surface area contributed by atoms with Crippen molar-refractivity contribution in [1.82, 2.24) is 0 Å². The van der Waals surface area contributed by atoms with Gasteiger partial charge >= 0.3 is 0 Å². The molecule has 0 spiro atoms. The largest absolute Gasteiger partial charge is 0.505 e. The Morgan fingerprint density at radius 3 is 2.70 bits per heavy atom. The molecule has 4 rings (SSSR count). The molecule has 0 unspecified atom stereocenters. The molecule has 0 heterocycles. The first-order valence-corrected chi connectivity index (χ1v) is 8.69. The smallest absolute Gasteiger partial charge is 0.147 e. The van der Waals surface area contributed by atoms with Gasteiger partial charge in [0, 0.05) is 11.0 Å². The number of nitrogens with two attached hydrogens (primary N) is 1. The maximum absolute atomic E-state index is 10.5. The van der Waals surface area contributed by atoms with Gasteiger partial charge in [-0.05, 0) is 54.9 Å². The summed E-state index contributed by atoms with van der Waals surface area (Å²) in [6.07, 6.45) is 12.3. The van der Waals surface area contributed by atoms with Gasteiger partial charge in [0.05, 0.1) is 6.10 Å². The highest BCUT2D eigenvalue weighted by molar-refractivity contribution is 6.08. The zero-order chi connectivity index (χ0) is 16.4. The van der Waals surface area contributed by atoms with Gasteiger partial charge in [-0.3, -0.25) is 0 Å². The molecule has 4 aliphatic carbocycles. The average molecular weight is 314 g/mol. The molecule has 4 aliphatic rings. The molecule has 4 N–H and O–H groups in total. The first-order chi connectivity index (χ1) is 10.9. The van der Waals surface area contributed by atoms with E-state index in [-0.39, 0.29) is 22.7 Å². The molecule has 0 aromatic heterocycles. The van der Waals surface area contributed by atoms with Gasteiger partial charge in [-0.25, -0.2) is 0 Å². The van der Waals surface area contributed by atoms with Crippen LogP contribution < -0.4 is 5.84 Å². The number of rotatable bonds is 0. The number of aliphatic hydroxyl groups excluding tert-OH is 2. The Kier molecular flexibility index (Phi) is 3.08. The number of aliphatic hydroxyl groups is 2. The molecule has 0 aliphatic heterocycles. The van der Waals surface area contributed by atoms with E-state index >= 15 is 0 Å². The van der Waals surface area contributed by atoms with E-state index in [2.05, 4.69) is 37.2 Å². The van der Waals surface area contributed by atoms with E-state index in [9.17, 15) is 10.2 Å². The Hall–Kier alpha value is -1.55. The third kappa shape index (κ3) is 1.78. The van der Waals surface area contributed by atoms with Crippen LogP contribution in [-0.2, 0) is 0 Å². The molecule has 6 atom stereocenters. The van der Waals surface area contributed by atoms with Crippen molar-refractivity contribution in [2.75, 3.05) is 0 Å². The molecule has 0 aromatic carbocycles. The first-order valence-electron chi connectivity index (χ1n) is 8.69. The van der Waals surface area contributed by atoms with Crippen LogP contribution in [0.4, 0.5) is 0 Å². The second-order valence-electron chi connectivity index (χ2n) is 8.18. The number of nitrogens with zero attached hydrogens (tertiary/aromatic N) is 1. The summed E-state index contributed by atoms with van der Waals surface area (Å²) in [4.78, 5) is 0. The minimum Gasteiger partial charge on any atom is -0.505 e. The van der Waals surface area contributed by atoms with Crippen molar-refractivity contribution in [2.45, 2.75) is 45.6 Å². The van der Waals surface area contributed by atoms with Crippen molar-refractivity contribution in [3.63, 3.8) is 0 Å². The van der Waals surface area contributed by atoms with Crippen LogP contribution in [0.1, 0.15) is 39.5 Å². The minimum absolute atomic E-state index is 0.0490. The Morgan fingerprint density at radius 1 is 1.17 bits per heavy atom. The summed E-state index contributed by atoms with van der Waals surface area (Å²) in [6, 6.07) is 0. The lowest BCUT2D eigenvalue weighted by molar-refractivity contribution is -0.0379. The average Bonchev–Trinajstić information content (AvgIpc) is 2.83. The van der Waals surface area contributed by atoms with Crippen molar-refractivity contribution in [3.05, 3.63) is 35.6 Å². The Labute approximate surface area is 137 Å². The molecule has 2 fully saturated rings. The highest BCUT2D eigenvalue weighted by Crippen LogP contribution is 2.63. The predicted octanol–water partition coefficient (Wildman–Crippen LogP) is 3.06. The highest BCUT2D eigenvalue weighted by atomic mass is 16.3. The molecule has 0 saturated heterocycles. The lowest BCUT2D eigenvalue weighted by Crippen LogP contribution is -2.49. The Bertz CT molecular complexity index is 662. The standard InChI is InChI=1S/C19H26N2O2/c1-18-10-8-15(21-20)17(23)14(18)4-3-11-12-5-6-16(22)19(12,2)9-7-13(11)18/h3-4,8,10-13,16,22-23H,5-7,9,20H2,1-2H3/b21-15+/t11-,12-,13-,16-,18+,19-/m0/s1. The van der Waals surface area contributed by atoms with E-state index in [4.69, 9.17) is 5.84 Å². The maximum atomic E-state index is 10.5. The van der Waals surface area contributed by atoms with Crippen molar-refractivity contribution in [3.8, 4) is 0 Å². The monoisotopic (exact) mass is 314 g/mol. The van der Waals surface area contributed by atoms with Crippen LogP contribution in [0.2, 0.25) is 0 Å². The predicted molar refractivity (Wildman–Crippen MR) is 90.7 cm³/mol. The number of hydrogen-bond acceptors (Lipinski definition) is 4. The van der Waals surface area contributed by atoms with Gasteiger partial charge in [-0.2, -0.15) is 5.10 Å². The second kappa shape index (κ2) is 4.73. The number of hydrazone groups is 1. The minimum atomic E-state index is -0.174. The topological polar surface area (TPSA) is 78.8 Å². The maximum Gasteiger partial charge on any atom is 0.147 e. The van der Waals surface area contributed by atoms with Crippen molar-refractivity contribution in [1.29, 1.82) is 0 Å². The van der Waals surface area contributed by atoms with Crippen LogP contribution in [0.15, 0.2) is 40.7 Å². The molecule has 4 heteroatoms. The van der Waals surface area contributed by atoms with Gasteiger partial charge < -0.3 is 16.1 Å².